The minimum atomic E-state index is 0.523. The van der Waals surface area contributed by atoms with E-state index in [2.05, 4.69) is 15.6 Å². The maximum Gasteiger partial charge on any atom is 0.214 e. The molecule has 7 heteroatoms. The molecule has 0 unspecified atom stereocenters. The summed E-state index contributed by atoms with van der Waals surface area (Å²) in [5.74, 6) is 0.763. The summed E-state index contributed by atoms with van der Waals surface area (Å²) in [6, 6.07) is 15.5. The van der Waals surface area contributed by atoms with Gasteiger partial charge in [0.15, 0.2) is 5.82 Å². The molecule has 3 aromatic rings. The molecule has 1 aromatic heterocycles. The number of rotatable bonds is 2. The second kappa shape index (κ2) is 5.92. The first-order valence-corrected chi connectivity index (χ1v) is 8.46. The first kappa shape index (κ1) is 14.6. The Morgan fingerprint density at radius 2 is 1.74 bits per heavy atom. The van der Waals surface area contributed by atoms with Gasteiger partial charge in [0.25, 0.3) is 0 Å². The van der Waals surface area contributed by atoms with Gasteiger partial charge in [-0.15, -0.1) is 10.2 Å². The van der Waals surface area contributed by atoms with Gasteiger partial charge >= 0.3 is 0 Å². The van der Waals surface area contributed by atoms with Crippen LogP contribution in [0, 0.1) is 0 Å². The topological polar surface area (TPSA) is 42.7 Å². The van der Waals surface area contributed by atoms with Gasteiger partial charge in [-0.25, -0.2) is 4.68 Å². The van der Waals surface area contributed by atoms with Gasteiger partial charge in [0.1, 0.15) is 0 Å². The number of fused-ring (bicyclic) bond motifs is 1. The lowest BCUT2D eigenvalue weighted by Gasteiger charge is -2.19. The van der Waals surface area contributed by atoms with Crippen molar-refractivity contribution in [3.63, 3.8) is 0 Å². The molecule has 0 aliphatic carbocycles. The lowest BCUT2D eigenvalue weighted by Crippen LogP contribution is -2.18. The number of thioether (sulfide) groups is 1. The standard InChI is InChI=1S/C16H10Cl2N4S/c17-12-7-6-11(8-13(12)18)14-9-23-16-20-19-15(22(16)21-14)10-4-2-1-3-5-10/h1-9,21H. The highest BCUT2D eigenvalue weighted by atomic mass is 35.5. The highest BCUT2D eigenvalue weighted by molar-refractivity contribution is 8.02. The van der Waals surface area contributed by atoms with E-state index in [1.54, 1.807) is 6.07 Å². The highest BCUT2D eigenvalue weighted by Gasteiger charge is 2.19. The minimum Gasteiger partial charge on any atom is -0.289 e. The van der Waals surface area contributed by atoms with Gasteiger partial charge in [-0.1, -0.05) is 71.4 Å². The lowest BCUT2D eigenvalue weighted by molar-refractivity contribution is 0.826. The molecule has 0 saturated carbocycles. The molecule has 0 atom stereocenters. The fourth-order valence-electron chi connectivity index (χ4n) is 2.28. The summed E-state index contributed by atoms with van der Waals surface area (Å²) >= 11 is 13.6. The van der Waals surface area contributed by atoms with Crippen LogP contribution in [0.15, 0.2) is 59.1 Å². The Labute approximate surface area is 147 Å². The molecular formula is C16H10Cl2N4S. The predicted molar refractivity (Wildman–Crippen MR) is 95.1 cm³/mol. The second-order valence-corrected chi connectivity index (χ2v) is 6.55. The largest absolute Gasteiger partial charge is 0.289 e. The first-order chi connectivity index (χ1) is 11.2. The zero-order valence-corrected chi connectivity index (χ0v) is 14.0. The van der Waals surface area contributed by atoms with Crippen LogP contribution >= 0.6 is 35.0 Å². The number of nitrogens with zero attached hydrogens (tertiary/aromatic N) is 3. The zero-order chi connectivity index (χ0) is 15.8. The molecule has 0 amide bonds. The van der Waals surface area contributed by atoms with Gasteiger partial charge in [-0.3, -0.25) is 5.43 Å². The Balaban J connectivity index is 1.71. The molecular weight excluding hydrogens is 351 g/mol. The summed E-state index contributed by atoms with van der Waals surface area (Å²) in [5, 5.41) is 12.3. The maximum absolute atomic E-state index is 6.11. The van der Waals surface area contributed by atoms with Crippen molar-refractivity contribution >= 4 is 40.7 Å². The van der Waals surface area contributed by atoms with Crippen molar-refractivity contribution in [3.8, 4) is 11.4 Å². The summed E-state index contributed by atoms with van der Waals surface area (Å²) in [7, 11) is 0. The molecule has 0 fully saturated rings. The third-order valence-corrected chi connectivity index (χ3v) is 4.98. The average Bonchev–Trinajstić information content (AvgIpc) is 3.01. The molecule has 23 heavy (non-hydrogen) atoms. The molecule has 2 aromatic carbocycles. The molecule has 114 valence electrons. The van der Waals surface area contributed by atoms with Crippen LogP contribution in [-0.2, 0) is 0 Å². The van der Waals surface area contributed by atoms with Crippen LogP contribution in [-0.4, -0.2) is 14.9 Å². The molecule has 0 bridgehead atoms. The van der Waals surface area contributed by atoms with Gasteiger partial charge in [0, 0.05) is 16.5 Å². The van der Waals surface area contributed by atoms with E-state index in [4.69, 9.17) is 23.2 Å². The molecule has 2 heterocycles. The van der Waals surface area contributed by atoms with Gasteiger partial charge in [0.05, 0.1) is 15.7 Å². The van der Waals surface area contributed by atoms with Gasteiger partial charge in [0.2, 0.25) is 5.16 Å². The molecule has 1 aliphatic rings. The molecule has 4 rings (SSSR count). The van der Waals surface area contributed by atoms with E-state index in [0.29, 0.717) is 10.0 Å². The predicted octanol–water partition coefficient (Wildman–Crippen LogP) is 4.90. The van der Waals surface area contributed by atoms with Crippen LogP contribution in [0.3, 0.4) is 0 Å². The van der Waals surface area contributed by atoms with Crippen molar-refractivity contribution in [3.05, 3.63) is 69.5 Å². The van der Waals surface area contributed by atoms with Crippen molar-refractivity contribution < 1.29 is 0 Å². The summed E-state index contributed by atoms with van der Waals surface area (Å²) in [6.07, 6.45) is 0. The van der Waals surface area contributed by atoms with E-state index >= 15 is 0 Å². The van der Waals surface area contributed by atoms with Gasteiger partial charge < -0.3 is 0 Å². The van der Waals surface area contributed by atoms with E-state index in [0.717, 1.165) is 27.8 Å². The van der Waals surface area contributed by atoms with Gasteiger partial charge in [-0.2, -0.15) is 0 Å². The Hall–Kier alpha value is -1.95. The van der Waals surface area contributed by atoms with Crippen LogP contribution in [0.5, 0.6) is 0 Å². The molecule has 4 nitrogen and oxygen atoms in total. The van der Waals surface area contributed by atoms with Crippen LogP contribution in [0.25, 0.3) is 17.1 Å². The average molecular weight is 361 g/mol. The van der Waals surface area contributed by atoms with Crippen LogP contribution in [0.2, 0.25) is 10.0 Å². The SMILES string of the molecule is Clc1ccc(C2=CSc3nnc(-c4ccccc4)n3N2)cc1Cl. The fourth-order valence-corrected chi connectivity index (χ4v) is 3.31. The Kier molecular flexibility index (Phi) is 3.77. The van der Waals surface area contributed by atoms with Crippen LogP contribution in [0.4, 0.5) is 0 Å². The van der Waals surface area contributed by atoms with E-state index in [1.807, 2.05) is 52.5 Å². The molecule has 1 aliphatic heterocycles. The zero-order valence-electron chi connectivity index (χ0n) is 11.7. The van der Waals surface area contributed by atoms with Gasteiger partial charge in [-0.05, 0) is 12.1 Å². The van der Waals surface area contributed by atoms with Crippen molar-refractivity contribution in [2.45, 2.75) is 5.16 Å². The lowest BCUT2D eigenvalue weighted by atomic mass is 10.2. The molecule has 0 spiro atoms. The normalized spacial score (nSPS) is 13.2. The number of hydrogen-bond donors (Lipinski definition) is 1. The minimum absolute atomic E-state index is 0.523. The second-order valence-electron chi connectivity index (χ2n) is 4.90. The summed E-state index contributed by atoms with van der Waals surface area (Å²) < 4.78 is 1.87. The summed E-state index contributed by atoms with van der Waals surface area (Å²) in [5.41, 5.74) is 6.20. The van der Waals surface area contributed by atoms with E-state index < -0.39 is 0 Å². The molecule has 0 radical (unpaired) electrons. The number of halogens is 2. The smallest absolute Gasteiger partial charge is 0.214 e. The van der Waals surface area contributed by atoms with E-state index in [9.17, 15) is 0 Å². The van der Waals surface area contributed by atoms with E-state index in [1.165, 1.54) is 11.8 Å². The Bertz CT molecular complexity index is 906. The summed E-state index contributed by atoms with van der Waals surface area (Å²) in [4.78, 5) is 0. The third kappa shape index (κ3) is 2.72. The van der Waals surface area contributed by atoms with Crippen molar-refractivity contribution in [1.82, 2.24) is 14.9 Å². The maximum atomic E-state index is 6.11. The number of benzene rings is 2. The van der Waals surface area contributed by atoms with Crippen LogP contribution in [0.1, 0.15) is 5.56 Å². The van der Waals surface area contributed by atoms with Crippen LogP contribution < -0.4 is 5.43 Å². The molecule has 0 saturated heterocycles. The first-order valence-electron chi connectivity index (χ1n) is 6.82. The summed E-state index contributed by atoms with van der Waals surface area (Å²) in [6.45, 7) is 0. The number of aromatic nitrogens is 3. The Morgan fingerprint density at radius 1 is 0.913 bits per heavy atom. The number of hydrogen-bond acceptors (Lipinski definition) is 4. The fraction of sp³-hybridized carbons (Fsp3) is 0. The Morgan fingerprint density at radius 3 is 2.52 bits per heavy atom. The quantitative estimate of drug-likeness (QED) is 0.705. The van der Waals surface area contributed by atoms with Crippen molar-refractivity contribution in [2.24, 2.45) is 0 Å². The number of nitrogens with one attached hydrogen (secondary N) is 1. The van der Waals surface area contributed by atoms with E-state index in [-0.39, 0.29) is 0 Å². The highest BCUT2D eigenvalue weighted by Crippen LogP contribution is 2.33. The van der Waals surface area contributed by atoms with Crippen molar-refractivity contribution in [1.29, 1.82) is 0 Å². The molecule has 1 N–H and O–H groups in total. The third-order valence-electron chi connectivity index (χ3n) is 3.41. The monoisotopic (exact) mass is 360 g/mol. The van der Waals surface area contributed by atoms with Crippen molar-refractivity contribution in [2.75, 3.05) is 5.43 Å².